The van der Waals surface area contributed by atoms with E-state index >= 15 is 0 Å². The van der Waals surface area contributed by atoms with Crippen LogP contribution in [0, 0.1) is 0 Å². The third-order valence-corrected chi connectivity index (χ3v) is 2.30. The quantitative estimate of drug-likeness (QED) is 0.699. The van der Waals surface area contributed by atoms with Crippen molar-refractivity contribution in [1.29, 1.82) is 0 Å². The molecule has 0 aromatic heterocycles. The first-order valence-corrected chi connectivity index (χ1v) is 4.40. The van der Waals surface area contributed by atoms with Crippen LogP contribution in [0.3, 0.4) is 0 Å². The molecule has 1 aliphatic rings. The van der Waals surface area contributed by atoms with Gasteiger partial charge in [0, 0.05) is 12.0 Å². The minimum atomic E-state index is 0.250. The van der Waals surface area contributed by atoms with E-state index in [4.69, 9.17) is 4.74 Å². The first-order valence-electron chi connectivity index (χ1n) is 4.40. The molecule has 2 nitrogen and oxygen atoms in total. The number of phenolic OH excluding ortho intramolecular Hbond substituents is 1. The Kier molecular flexibility index (Phi) is 1.97. The van der Waals surface area contributed by atoms with Crippen molar-refractivity contribution in [3.05, 3.63) is 35.9 Å². The Bertz CT molecular complexity index is 342. The van der Waals surface area contributed by atoms with Gasteiger partial charge in [-0.05, 0) is 18.1 Å². The lowest BCUT2D eigenvalue weighted by molar-refractivity contribution is 0.334. The van der Waals surface area contributed by atoms with E-state index in [1.165, 1.54) is 5.56 Å². The highest BCUT2D eigenvalue weighted by atomic mass is 16.5. The summed E-state index contributed by atoms with van der Waals surface area (Å²) >= 11 is 0. The first kappa shape index (κ1) is 8.17. The molecule has 68 valence electrons. The van der Waals surface area contributed by atoms with Crippen molar-refractivity contribution in [1.82, 2.24) is 0 Å². The lowest BCUT2D eigenvalue weighted by Crippen LogP contribution is -1.89. The predicted octanol–water partition coefficient (Wildman–Crippen LogP) is 2.06. The smallest absolute Gasteiger partial charge is 0.164 e. The summed E-state index contributed by atoms with van der Waals surface area (Å²) in [5.41, 5.74) is 2.35. The van der Waals surface area contributed by atoms with Crippen LogP contribution in [-0.2, 0) is 12.8 Å². The van der Waals surface area contributed by atoms with E-state index in [1.807, 2.05) is 12.1 Å². The number of aromatic hydroxyl groups is 1. The van der Waals surface area contributed by atoms with Gasteiger partial charge in [0.1, 0.15) is 0 Å². The average Bonchev–Trinajstić information content (AvgIpc) is 2.59. The predicted molar refractivity (Wildman–Crippen MR) is 51.2 cm³/mol. The summed E-state index contributed by atoms with van der Waals surface area (Å²) in [7, 11) is 0. The number of phenols is 1. The zero-order valence-electron chi connectivity index (χ0n) is 7.42. The minimum absolute atomic E-state index is 0.250. The van der Waals surface area contributed by atoms with Crippen LogP contribution in [0.4, 0.5) is 0 Å². The molecule has 1 aromatic rings. The molecule has 1 aliphatic heterocycles. The Balaban J connectivity index is 2.49. The molecule has 0 amide bonds. The van der Waals surface area contributed by atoms with Crippen molar-refractivity contribution in [2.24, 2.45) is 0 Å². The maximum atomic E-state index is 9.47. The second-order valence-electron chi connectivity index (χ2n) is 3.14. The van der Waals surface area contributed by atoms with E-state index in [9.17, 15) is 5.11 Å². The largest absolute Gasteiger partial charge is 0.504 e. The SMILES string of the molecule is C=CCc1ccc(O)c2c1CCO2. The highest BCUT2D eigenvalue weighted by molar-refractivity contribution is 5.52. The molecular weight excluding hydrogens is 164 g/mol. The fourth-order valence-electron chi connectivity index (χ4n) is 1.69. The van der Waals surface area contributed by atoms with Gasteiger partial charge in [0.25, 0.3) is 0 Å². The zero-order valence-corrected chi connectivity index (χ0v) is 7.42. The van der Waals surface area contributed by atoms with Crippen LogP contribution in [0.5, 0.6) is 11.5 Å². The summed E-state index contributed by atoms with van der Waals surface area (Å²) in [6, 6.07) is 3.62. The van der Waals surface area contributed by atoms with Crippen LogP contribution in [0.25, 0.3) is 0 Å². The van der Waals surface area contributed by atoms with E-state index in [2.05, 4.69) is 6.58 Å². The fraction of sp³-hybridized carbons (Fsp3) is 0.273. The maximum Gasteiger partial charge on any atom is 0.164 e. The van der Waals surface area contributed by atoms with Gasteiger partial charge in [-0.2, -0.15) is 0 Å². The van der Waals surface area contributed by atoms with Gasteiger partial charge in [-0.3, -0.25) is 0 Å². The molecule has 0 aliphatic carbocycles. The van der Waals surface area contributed by atoms with E-state index in [1.54, 1.807) is 6.07 Å². The van der Waals surface area contributed by atoms with E-state index in [0.29, 0.717) is 12.4 Å². The molecule has 1 N–H and O–H groups in total. The number of ether oxygens (including phenoxy) is 1. The second-order valence-corrected chi connectivity index (χ2v) is 3.14. The average molecular weight is 176 g/mol. The first-order chi connectivity index (χ1) is 6.33. The molecule has 2 heteroatoms. The zero-order chi connectivity index (χ0) is 9.26. The standard InChI is InChI=1S/C11H12O2/c1-2-3-8-4-5-10(12)11-9(8)6-7-13-11/h2,4-5,12H,1,3,6-7H2. The Labute approximate surface area is 77.5 Å². The van der Waals surface area contributed by atoms with Crippen molar-refractivity contribution in [2.45, 2.75) is 12.8 Å². The number of fused-ring (bicyclic) bond motifs is 1. The Morgan fingerprint density at radius 3 is 3.15 bits per heavy atom. The van der Waals surface area contributed by atoms with Gasteiger partial charge in [-0.1, -0.05) is 12.1 Å². The van der Waals surface area contributed by atoms with Crippen LogP contribution < -0.4 is 4.74 Å². The van der Waals surface area contributed by atoms with E-state index in [0.717, 1.165) is 18.4 Å². The lowest BCUT2D eigenvalue weighted by atomic mass is 10.0. The van der Waals surface area contributed by atoms with Gasteiger partial charge in [0.2, 0.25) is 0 Å². The van der Waals surface area contributed by atoms with Crippen molar-refractivity contribution in [2.75, 3.05) is 6.61 Å². The molecule has 0 unspecified atom stereocenters. The highest BCUT2D eigenvalue weighted by Crippen LogP contribution is 2.37. The molecule has 1 aromatic carbocycles. The van der Waals surface area contributed by atoms with Crippen LogP contribution in [0.15, 0.2) is 24.8 Å². The molecule has 0 radical (unpaired) electrons. The van der Waals surface area contributed by atoms with Crippen LogP contribution in [-0.4, -0.2) is 11.7 Å². The third kappa shape index (κ3) is 1.28. The van der Waals surface area contributed by atoms with E-state index < -0.39 is 0 Å². The van der Waals surface area contributed by atoms with Gasteiger partial charge < -0.3 is 9.84 Å². The molecule has 2 rings (SSSR count). The maximum absolute atomic E-state index is 9.47. The van der Waals surface area contributed by atoms with Gasteiger partial charge in [-0.25, -0.2) is 0 Å². The van der Waals surface area contributed by atoms with Gasteiger partial charge in [0.05, 0.1) is 6.61 Å². The van der Waals surface area contributed by atoms with Crippen LogP contribution >= 0.6 is 0 Å². The summed E-state index contributed by atoms with van der Waals surface area (Å²) in [6.45, 7) is 4.38. The van der Waals surface area contributed by atoms with Crippen molar-refractivity contribution in [3.8, 4) is 11.5 Å². The monoisotopic (exact) mass is 176 g/mol. The normalized spacial score (nSPS) is 13.5. The van der Waals surface area contributed by atoms with Crippen molar-refractivity contribution in [3.63, 3.8) is 0 Å². The summed E-state index contributed by atoms with van der Waals surface area (Å²) < 4.78 is 5.33. The fourth-order valence-corrected chi connectivity index (χ4v) is 1.69. The van der Waals surface area contributed by atoms with Crippen LogP contribution in [0.2, 0.25) is 0 Å². The Hall–Kier alpha value is -1.44. The molecule has 0 spiro atoms. The summed E-state index contributed by atoms with van der Waals surface area (Å²) in [4.78, 5) is 0. The number of rotatable bonds is 2. The number of hydrogen-bond donors (Lipinski definition) is 1. The third-order valence-electron chi connectivity index (χ3n) is 2.30. The van der Waals surface area contributed by atoms with E-state index in [-0.39, 0.29) is 5.75 Å². The van der Waals surface area contributed by atoms with Crippen LogP contribution in [0.1, 0.15) is 11.1 Å². The van der Waals surface area contributed by atoms with Crippen molar-refractivity contribution < 1.29 is 9.84 Å². The minimum Gasteiger partial charge on any atom is -0.504 e. The lowest BCUT2D eigenvalue weighted by Gasteiger charge is -2.05. The molecule has 0 fully saturated rings. The second kappa shape index (κ2) is 3.13. The molecule has 0 atom stereocenters. The summed E-state index contributed by atoms with van der Waals surface area (Å²) in [5.74, 6) is 0.916. The number of benzene rings is 1. The molecule has 1 heterocycles. The molecular formula is C11H12O2. The number of allylic oxidation sites excluding steroid dienone is 1. The Morgan fingerprint density at radius 2 is 2.38 bits per heavy atom. The summed E-state index contributed by atoms with van der Waals surface area (Å²) in [5, 5.41) is 9.47. The Morgan fingerprint density at radius 1 is 1.54 bits per heavy atom. The van der Waals surface area contributed by atoms with Gasteiger partial charge in [0.15, 0.2) is 11.5 Å². The number of hydrogen-bond acceptors (Lipinski definition) is 2. The molecule has 0 saturated heterocycles. The molecule has 0 bridgehead atoms. The van der Waals surface area contributed by atoms with Crippen molar-refractivity contribution >= 4 is 0 Å². The summed E-state index contributed by atoms with van der Waals surface area (Å²) in [6.07, 6.45) is 3.60. The highest BCUT2D eigenvalue weighted by Gasteiger charge is 2.18. The molecule has 0 saturated carbocycles. The van der Waals surface area contributed by atoms with Gasteiger partial charge >= 0.3 is 0 Å². The molecule has 13 heavy (non-hydrogen) atoms. The topological polar surface area (TPSA) is 29.5 Å². The van der Waals surface area contributed by atoms with Gasteiger partial charge in [-0.15, -0.1) is 6.58 Å².